The third-order valence-electron chi connectivity index (χ3n) is 16.6. The van der Waals surface area contributed by atoms with Gasteiger partial charge in [-0.15, -0.1) is 0 Å². The van der Waals surface area contributed by atoms with Gasteiger partial charge in [-0.05, 0) is 110 Å². The van der Waals surface area contributed by atoms with Gasteiger partial charge in [0.25, 0.3) is 0 Å². The van der Waals surface area contributed by atoms with Crippen molar-refractivity contribution in [1.82, 2.24) is 63.8 Å². The Labute approximate surface area is 572 Å². The normalized spacial score (nSPS) is 21.2. The lowest BCUT2D eigenvalue weighted by molar-refractivity contribution is -0.134. The van der Waals surface area contributed by atoms with Crippen LogP contribution in [0.15, 0.2) is 94.9 Å². The number of carbonyl (C=O) groups is 13. The predicted octanol–water partition coefficient (Wildman–Crippen LogP) is -3.30. The minimum absolute atomic E-state index is 0.00532. The molecule has 0 spiro atoms. The Morgan fingerprint density at radius 1 is 0.475 bits per heavy atom. The summed E-state index contributed by atoms with van der Waals surface area (Å²) in [5, 5.41) is 35.5. The van der Waals surface area contributed by atoms with Crippen LogP contribution in [0.2, 0.25) is 0 Å². The molecule has 2 saturated heterocycles. The van der Waals surface area contributed by atoms with E-state index in [-0.39, 0.29) is 128 Å². The Kier molecular flexibility index (Phi) is 31.2. The molecule has 0 bridgehead atoms. The zero-order valence-electron chi connectivity index (χ0n) is 55.5. The number of aldehydes is 1. The summed E-state index contributed by atoms with van der Waals surface area (Å²) in [4.78, 5) is 184. The van der Waals surface area contributed by atoms with Gasteiger partial charge in [-0.1, -0.05) is 91.9 Å². The topological polar surface area (TPSA) is 521 Å². The summed E-state index contributed by atoms with van der Waals surface area (Å²) in [5.41, 5.74) is 29.5. The molecular formula is C67H93N19O13. The number of unbranched alkanes of at least 4 members (excludes halogenated alkanes) is 2. The van der Waals surface area contributed by atoms with E-state index < -0.39 is 145 Å². The number of amides is 12. The van der Waals surface area contributed by atoms with Gasteiger partial charge in [0.1, 0.15) is 54.6 Å². The van der Waals surface area contributed by atoms with Crippen LogP contribution < -0.4 is 92.5 Å². The van der Waals surface area contributed by atoms with Gasteiger partial charge in [0.15, 0.2) is 11.9 Å². The molecule has 0 aromatic heterocycles. The Hall–Kier alpha value is -10.8. The lowest BCUT2D eigenvalue weighted by Gasteiger charge is -2.26. The second-order valence-electron chi connectivity index (χ2n) is 24.3. The fraction of sp³-hybridized carbons (Fsp3) is 0.478. The average molecular weight is 1370 g/mol. The summed E-state index contributed by atoms with van der Waals surface area (Å²) in [7, 11) is 0. The van der Waals surface area contributed by atoms with E-state index in [1.165, 1.54) is 0 Å². The highest BCUT2D eigenvalue weighted by Gasteiger charge is 2.35. The standard InChI is InChI=1S/C67H93N19O13/c1-2-46-60(94)85-52(35-39-21-23-41-13-3-5-15-43(41)33-39)64(98)83-49(61(95)81-47(19-11-30-75-66(69)70)58(92)77-37-55(89)79-46)17-7-9-28-73-54(88)26-25-45(68)57(91)74-29-10-8-18-50-62(96)82-48(20-12-31-76-67(71)72)59(93)78-38-56(90)80-51(27-32-87)63(97)86-53(65(99)84-50)36-40-22-24-42-14-4-6-16-44(42)34-40/h3-6,13-16,21-24,32-34,45-53H,2,7-12,17-20,25-31,35-38,68H2,1H3,(H,73,88)(H,74,91)(H,77,92)(H,78,93)(H,79,89)(H,80,90)(H,81,95)(H,82,96)(H,83,98)(H,84,99)(H,85,94)(H,86,97)(H4,69,70,75)(H4,71,72,76)/t45?,46-,47-,48-,49-,50-,51-,52+,53+/m0/s1. The first-order valence-corrected chi connectivity index (χ1v) is 33.3. The number of rotatable bonds is 29. The number of fused-ring (bicyclic) bond motifs is 2. The molecular weight excluding hydrogens is 1280 g/mol. The van der Waals surface area contributed by atoms with Gasteiger partial charge in [-0.2, -0.15) is 0 Å². The molecule has 6 rings (SSSR count). The summed E-state index contributed by atoms with van der Waals surface area (Å²) in [6.45, 7) is 0.890. The molecule has 99 heavy (non-hydrogen) atoms. The first-order valence-electron chi connectivity index (χ1n) is 33.3. The summed E-state index contributed by atoms with van der Waals surface area (Å²) in [6, 6.07) is 14.9. The molecule has 2 heterocycles. The summed E-state index contributed by atoms with van der Waals surface area (Å²) in [5.74, 6) is -8.93. The monoisotopic (exact) mass is 1370 g/mol. The fourth-order valence-corrected chi connectivity index (χ4v) is 11.1. The van der Waals surface area contributed by atoms with E-state index in [4.69, 9.17) is 28.7 Å². The van der Waals surface area contributed by atoms with Crippen molar-refractivity contribution >= 4 is 111 Å². The van der Waals surface area contributed by atoms with Crippen LogP contribution in [0.3, 0.4) is 0 Å². The number of benzene rings is 4. The minimum atomic E-state index is -1.43. The van der Waals surface area contributed by atoms with Gasteiger partial charge >= 0.3 is 0 Å². The lowest BCUT2D eigenvalue weighted by atomic mass is 10.00. The van der Waals surface area contributed by atoms with Gasteiger partial charge in [-0.25, -0.2) is 0 Å². The SMILES string of the molecule is CC[C@@H]1NC(=O)CNC(=O)[C@H](CCCN=C(N)N)NC(=O)[C@H](CCCCNC(=O)CCC(N)C(=O)NCCCC[C@@H]2NC(=O)[C@@H](Cc3ccc4ccccc4c3)NC(=O)[C@H](CC=O)NC(=O)CNC(=O)[C@H](CCCN=C(N)N)NC2=O)NC(=O)[C@@H](Cc2ccc3ccccc3c2)NC1=O. The van der Waals surface area contributed by atoms with E-state index in [0.717, 1.165) is 21.5 Å². The number of guanidine groups is 2. The van der Waals surface area contributed by atoms with Crippen molar-refractivity contribution in [3.05, 3.63) is 96.1 Å². The Morgan fingerprint density at radius 3 is 1.30 bits per heavy atom. The van der Waals surface area contributed by atoms with Gasteiger partial charge in [-0.3, -0.25) is 67.5 Å². The van der Waals surface area contributed by atoms with Gasteiger partial charge in [0, 0.05) is 51.9 Å². The summed E-state index contributed by atoms with van der Waals surface area (Å²) >= 11 is 0. The van der Waals surface area contributed by atoms with Gasteiger partial charge < -0.3 is 97.3 Å². The molecule has 22 N–H and O–H groups in total. The Balaban J connectivity index is 1.06. The molecule has 0 radical (unpaired) electrons. The maximum Gasteiger partial charge on any atom is 0.243 e. The molecule has 2 fully saturated rings. The number of aliphatic imine (C=N–C) groups is 2. The molecule has 534 valence electrons. The number of hydrogen-bond donors (Lipinski definition) is 17. The second-order valence-corrected chi connectivity index (χ2v) is 24.3. The molecule has 32 nitrogen and oxygen atoms in total. The van der Waals surface area contributed by atoms with Crippen LogP contribution in [0.25, 0.3) is 21.5 Å². The molecule has 0 saturated carbocycles. The van der Waals surface area contributed by atoms with Crippen LogP contribution in [-0.2, 0) is 75.2 Å². The first-order chi connectivity index (χ1) is 47.5. The van der Waals surface area contributed by atoms with E-state index in [0.29, 0.717) is 23.8 Å². The molecule has 12 amide bonds. The number of nitrogens with zero attached hydrogens (tertiary/aromatic N) is 2. The van der Waals surface area contributed by atoms with E-state index >= 15 is 0 Å². The van der Waals surface area contributed by atoms with Gasteiger partial charge in [0.05, 0.1) is 19.1 Å². The Bertz CT molecular complexity index is 3580. The molecule has 1 unspecified atom stereocenters. The highest BCUT2D eigenvalue weighted by molar-refractivity contribution is 6.00. The van der Waals surface area contributed by atoms with Crippen molar-refractivity contribution < 1.29 is 62.3 Å². The van der Waals surface area contributed by atoms with Crippen LogP contribution in [-0.4, -0.2) is 183 Å². The van der Waals surface area contributed by atoms with Crippen LogP contribution >= 0.6 is 0 Å². The molecule has 9 atom stereocenters. The maximum atomic E-state index is 14.4. The zero-order valence-corrected chi connectivity index (χ0v) is 55.5. The lowest BCUT2D eigenvalue weighted by Crippen LogP contribution is -2.58. The molecule has 4 aromatic rings. The van der Waals surface area contributed by atoms with Crippen LogP contribution in [0.5, 0.6) is 0 Å². The number of nitrogens with two attached hydrogens (primary N) is 5. The van der Waals surface area contributed by atoms with Crippen LogP contribution in [0.1, 0.15) is 108 Å². The Morgan fingerprint density at radius 2 is 0.859 bits per heavy atom. The van der Waals surface area contributed by atoms with Crippen LogP contribution in [0, 0.1) is 0 Å². The van der Waals surface area contributed by atoms with Crippen molar-refractivity contribution in [2.24, 2.45) is 38.7 Å². The third kappa shape index (κ3) is 26.3. The van der Waals surface area contributed by atoms with Crippen molar-refractivity contribution in [2.45, 2.75) is 164 Å². The number of carbonyl (C=O) groups excluding carboxylic acids is 13. The summed E-state index contributed by atoms with van der Waals surface area (Å²) in [6.07, 6.45) is 1.30. The summed E-state index contributed by atoms with van der Waals surface area (Å²) < 4.78 is 0. The smallest absolute Gasteiger partial charge is 0.243 e. The largest absolute Gasteiger partial charge is 0.370 e. The predicted molar refractivity (Wildman–Crippen MR) is 368 cm³/mol. The van der Waals surface area contributed by atoms with Gasteiger partial charge in [0.2, 0.25) is 70.9 Å². The number of hydrogen-bond acceptors (Lipinski definition) is 16. The fourth-order valence-electron chi connectivity index (χ4n) is 11.1. The third-order valence-corrected chi connectivity index (χ3v) is 16.6. The quantitative estimate of drug-likeness (QED) is 0.0110. The van der Waals surface area contributed by atoms with E-state index in [9.17, 15) is 62.3 Å². The maximum absolute atomic E-state index is 14.4. The molecule has 4 aromatic carbocycles. The van der Waals surface area contributed by atoms with E-state index in [1.807, 2.05) is 78.9 Å². The highest BCUT2D eigenvalue weighted by atomic mass is 16.2. The molecule has 2 aliphatic heterocycles. The first kappa shape index (κ1) is 77.2. The van der Waals surface area contributed by atoms with E-state index in [1.54, 1.807) is 13.0 Å². The highest BCUT2D eigenvalue weighted by Crippen LogP contribution is 2.20. The molecule has 32 heteroatoms. The number of nitrogens with one attached hydrogen (secondary N) is 12. The average Bonchev–Trinajstić information content (AvgIpc) is 1.03. The van der Waals surface area contributed by atoms with E-state index in [2.05, 4.69) is 73.8 Å². The van der Waals surface area contributed by atoms with Crippen molar-refractivity contribution in [1.29, 1.82) is 0 Å². The second kappa shape index (κ2) is 40.1. The van der Waals surface area contributed by atoms with Crippen molar-refractivity contribution in [2.75, 3.05) is 39.3 Å². The minimum Gasteiger partial charge on any atom is -0.370 e. The molecule has 2 aliphatic rings. The van der Waals surface area contributed by atoms with Crippen LogP contribution in [0.4, 0.5) is 0 Å². The molecule has 0 aliphatic carbocycles. The zero-order chi connectivity index (χ0) is 71.8. The van der Waals surface area contributed by atoms with Crippen molar-refractivity contribution in [3.8, 4) is 0 Å². The van der Waals surface area contributed by atoms with Crippen molar-refractivity contribution in [3.63, 3.8) is 0 Å².